The lowest BCUT2D eigenvalue weighted by Crippen LogP contribution is -2.44. The van der Waals surface area contributed by atoms with Crippen molar-refractivity contribution < 1.29 is 28.6 Å². The number of rotatable bonds is 9. The van der Waals surface area contributed by atoms with Gasteiger partial charge < -0.3 is 14.2 Å². The van der Waals surface area contributed by atoms with Crippen LogP contribution in [0.3, 0.4) is 0 Å². The highest BCUT2D eigenvalue weighted by atomic mass is 79.9. The van der Waals surface area contributed by atoms with Crippen LogP contribution in [0.1, 0.15) is 71.1 Å². The molecule has 0 fully saturated rings. The second-order valence-corrected chi connectivity index (χ2v) is 10.6. The smallest absolute Gasteiger partial charge is 0.419 e. The zero-order chi connectivity index (χ0) is 25.9. The molecule has 190 valence electrons. The van der Waals surface area contributed by atoms with E-state index in [0.29, 0.717) is 12.8 Å². The average molecular weight is 540 g/mol. The lowest BCUT2D eigenvalue weighted by Gasteiger charge is -2.28. The fourth-order valence-electron chi connectivity index (χ4n) is 3.11. The molecule has 34 heavy (non-hydrogen) atoms. The first-order valence-electron chi connectivity index (χ1n) is 11.4. The van der Waals surface area contributed by atoms with Crippen molar-refractivity contribution in [3.63, 3.8) is 0 Å². The molecule has 0 saturated heterocycles. The second-order valence-electron chi connectivity index (χ2n) is 9.85. The molecule has 7 nitrogen and oxygen atoms in total. The van der Waals surface area contributed by atoms with Crippen LogP contribution < -0.4 is 0 Å². The Morgan fingerprint density at radius 2 is 1.41 bits per heavy atom. The Morgan fingerprint density at radius 3 is 1.85 bits per heavy atom. The fraction of sp³-hybridized carbons (Fsp3) is 0.577. The first-order valence-corrected chi connectivity index (χ1v) is 12.6. The maximum Gasteiger partial charge on any atom is 0.419 e. The molecule has 2 amide bonds. The van der Waals surface area contributed by atoms with E-state index in [9.17, 15) is 14.4 Å². The SMILES string of the molecule is COC(=O)/C=C/c1c(CCCBr)cccc1CCCN(C(=O)OC(C)(C)C)C(=O)OC(C)(C)C. The molecule has 0 N–H and O–H groups in total. The highest BCUT2D eigenvalue weighted by molar-refractivity contribution is 9.09. The van der Waals surface area contributed by atoms with E-state index in [2.05, 4.69) is 15.9 Å². The number of alkyl halides is 1. The summed E-state index contributed by atoms with van der Waals surface area (Å²) in [5, 5.41) is 0.873. The van der Waals surface area contributed by atoms with Gasteiger partial charge in [-0.3, -0.25) is 0 Å². The van der Waals surface area contributed by atoms with Crippen LogP contribution in [0, 0.1) is 0 Å². The van der Waals surface area contributed by atoms with E-state index in [4.69, 9.17) is 14.2 Å². The minimum absolute atomic E-state index is 0.135. The van der Waals surface area contributed by atoms with Gasteiger partial charge in [-0.15, -0.1) is 0 Å². The molecule has 1 aromatic carbocycles. The predicted molar refractivity (Wildman–Crippen MR) is 137 cm³/mol. The average Bonchev–Trinajstić information content (AvgIpc) is 2.71. The van der Waals surface area contributed by atoms with Gasteiger partial charge in [0.15, 0.2) is 0 Å². The molecule has 0 unspecified atom stereocenters. The number of nitrogens with zero attached hydrogens (tertiary/aromatic N) is 1. The summed E-state index contributed by atoms with van der Waals surface area (Å²) in [6.07, 6.45) is 4.59. The lowest BCUT2D eigenvalue weighted by molar-refractivity contribution is -0.134. The number of carbonyl (C=O) groups is 3. The molecule has 8 heteroatoms. The fourth-order valence-corrected chi connectivity index (χ4v) is 3.39. The Labute approximate surface area is 211 Å². The second kappa shape index (κ2) is 13.5. The van der Waals surface area contributed by atoms with E-state index in [1.54, 1.807) is 47.6 Å². The number of imide groups is 1. The molecule has 0 aliphatic rings. The topological polar surface area (TPSA) is 82.1 Å². The van der Waals surface area contributed by atoms with Gasteiger partial charge in [0.25, 0.3) is 0 Å². The van der Waals surface area contributed by atoms with E-state index in [1.807, 2.05) is 18.2 Å². The molecule has 0 aromatic heterocycles. The van der Waals surface area contributed by atoms with Crippen molar-refractivity contribution in [1.82, 2.24) is 4.90 Å². The van der Waals surface area contributed by atoms with Crippen LogP contribution in [-0.2, 0) is 31.8 Å². The van der Waals surface area contributed by atoms with Gasteiger partial charge in [0, 0.05) is 18.0 Å². The summed E-state index contributed by atoms with van der Waals surface area (Å²) in [4.78, 5) is 38.1. The minimum atomic E-state index is -0.743. The third-order valence-corrected chi connectivity index (χ3v) is 5.07. The number of carbonyl (C=O) groups excluding carboxylic acids is 3. The number of benzene rings is 1. The van der Waals surface area contributed by atoms with Crippen molar-refractivity contribution >= 4 is 40.2 Å². The molecule has 0 radical (unpaired) electrons. The van der Waals surface area contributed by atoms with Gasteiger partial charge >= 0.3 is 18.2 Å². The zero-order valence-corrected chi connectivity index (χ0v) is 23.0. The van der Waals surface area contributed by atoms with Gasteiger partial charge in [0.05, 0.1) is 7.11 Å². The number of methoxy groups -OCH3 is 1. The molecular weight excluding hydrogens is 502 g/mol. The number of esters is 1. The van der Waals surface area contributed by atoms with Gasteiger partial charge in [0.1, 0.15) is 11.2 Å². The van der Waals surface area contributed by atoms with Crippen LogP contribution in [0.2, 0.25) is 0 Å². The summed E-state index contributed by atoms with van der Waals surface area (Å²) in [5.74, 6) is -0.428. The van der Waals surface area contributed by atoms with Crippen LogP contribution in [0.25, 0.3) is 6.08 Å². The quantitative estimate of drug-likeness (QED) is 0.158. The number of hydrogen-bond donors (Lipinski definition) is 0. The zero-order valence-electron chi connectivity index (χ0n) is 21.4. The number of hydrogen-bond acceptors (Lipinski definition) is 6. The first-order chi connectivity index (χ1) is 15.8. The molecule has 1 rings (SSSR count). The molecular formula is C26H38BrNO6. The Balaban J connectivity index is 3.09. The molecule has 0 spiro atoms. The third-order valence-electron chi connectivity index (χ3n) is 4.51. The summed E-state index contributed by atoms with van der Waals surface area (Å²) >= 11 is 3.46. The van der Waals surface area contributed by atoms with Gasteiger partial charge in [-0.2, -0.15) is 0 Å². The van der Waals surface area contributed by atoms with Crippen molar-refractivity contribution in [3.8, 4) is 0 Å². The Hall–Kier alpha value is -2.35. The van der Waals surface area contributed by atoms with Crippen LogP contribution >= 0.6 is 15.9 Å². The molecule has 0 saturated carbocycles. The largest absolute Gasteiger partial charge is 0.466 e. The molecule has 0 atom stereocenters. The Kier molecular flexibility index (Phi) is 11.8. The van der Waals surface area contributed by atoms with E-state index in [0.717, 1.165) is 39.8 Å². The maximum absolute atomic E-state index is 12.7. The third kappa shape index (κ3) is 11.2. The molecule has 0 heterocycles. The first kappa shape index (κ1) is 29.7. The van der Waals surface area contributed by atoms with E-state index in [-0.39, 0.29) is 6.54 Å². The maximum atomic E-state index is 12.7. The number of halogens is 1. The molecule has 0 aliphatic heterocycles. The van der Waals surface area contributed by atoms with Crippen LogP contribution in [0.4, 0.5) is 9.59 Å². The molecule has 1 aromatic rings. The molecule has 0 bridgehead atoms. The van der Waals surface area contributed by atoms with Gasteiger partial charge in [-0.1, -0.05) is 34.1 Å². The Morgan fingerprint density at radius 1 is 0.912 bits per heavy atom. The highest BCUT2D eigenvalue weighted by Gasteiger charge is 2.30. The van der Waals surface area contributed by atoms with Gasteiger partial charge in [-0.05, 0) is 90.0 Å². The number of aryl methyl sites for hydroxylation is 2. The number of amides is 2. The Bertz CT molecular complexity index is 839. The van der Waals surface area contributed by atoms with Crippen molar-refractivity contribution in [2.24, 2.45) is 0 Å². The lowest BCUT2D eigenvalue weighted by atomic mass is 9.94. The van der Waals surface area contributed by atoms with Gasteiger partial charge in [0.2, 0.25) is 0 Å². The van der Waals surface area contributed by atoms with Gasteiger partial charge in [-0.25, -0.2) is 19.3 Å². The van der Waals surface area contributed by atoms with E-state index < -0.39 is 29.4 Å². The molecule has 0 aliphatic carbocycles. The van der Waals surface area contributed by atoms with E-state index >= 15 is 0 Å². The summed E-state index contributed by atoms with van der Waals surface area (Å²) in [6, 6.07) is 6.00. The van der Waals surface area contributed by atoms with Crippen molar-refractivity contribution in [3.05, 3.63) is 41.0 Å². The monoisotopic (exact) mass is 539 g/mol. The predicted octanol–water partition coefficient (Wildman–Crippen LogP) is 6.31. The van der Waals surface area contributed by atoms with Crippen LogP contribution in [0.5, 0.6) is 0 Å². The summed E-state index contributed by atoms with van der Waals surface area (Å²) < 4.78 is 15.6. The number of ether oxygens (including phenoxy) is 3. The standard InChI is InChI=1S/C26H38BrNO6/c1-25(2,3)33-23(30)28(24(31)34-26(4,5)6)18-10-14-20-12-8-11-19(13-9-17-27)21(20)15-16-22(29)32-7/h8,11-12,15-16H,9-10,13-14,17-18H2,1-7H3/b16-15+. The van der Waals surface area contributed by atoms with E-state index in [1.165, 1.54) is 13.2 Å². The summed E-state index contributed by atoms with van der Waals surface area (Å²) in [6.45, 7) is 10.6. The normalized spacial score (nSPS) is 11.9. The van der Waals surface area contributed by atoms with Crippen LogP contribution in [-0.4, -0.2) is 53.2 Å². The highest BCUT2D eigenvalue weighted by Crippen LogP contribution is 2.22. The minimum Gasteiger partial charge on any atom is -0.466 e. The van der Waals surface area contributed by atoms with Crippen molar-refractivity contribution in [1.29, 1.82) is 0 Å². The van der Waals surface area contributed by atoms with Crippen molar-refractivity contribution in [2.45, 2.75) is 78.4 Å². The summed E-state index contributed by atoms with van der Waals surface area (Å²) in [5.41, 5.74) is 1.60. The summed E-state index contributed by atoms with van der Waals surface area (Å²) in [7, 11) is 1.34. The van der Waals surface area contributed by atoms with Crippen LogP contribution in [0.15, 0.2) is 24.3 Å². The van der Waals surface area contributed by atoms with Crippen molar-refractivity contribution in [2.75, 3.05) is 19.0 Å².